The fourth-order valence-electron chi connectivity index (χ4n) is 2.65. The Balaban J connectivity index is 1.83. The van der Waals surface area contributed by atoms with Gasteiger partial charge in [0.15, 0.2) is 0 Å². The Morgan fingerprint density at radius 2 is 1.80 bits per heavy atom. The fourth-order valence-corrected chi connectivity index (χ4v) is 2.76. The highest BCUT2D eigenvalue weighted by Crippen LogP contribution is 2.36. The van der Waals surface area contributed by atoms with Crippen LogP contribution in [0.2, 0.25) is 5.15 Å². The Kier molecular flexibility index (Phi) is 4.01. The molecule has 1 saturated carbocycles. The maximum Gasteiger partial charge on any atom is 0.129 e. The van der Waals surface area contributed by atoms with E-state index in [4.69, 9.17) is 17.4 Å². The van der Waals surface area contributed by atoms with Crippen LogP contribution in [0.5, 0.6) is 0 Å². The Morgan fingerprint density at radius 1 is 1.10 bits per heavy atom. The van der Waals surface area contributed by atoms with E-state index < -0.39 is 0 Å². The third kappa shape index (κ3) is 2.70. The second-order valence-corrected chi connectivity index (χ2v) is 5.70. The van der Waals surface area contributed by atoms with Gasteiger partial charge in [0.1, 0.15) is 5.15 Å². The lowest BCUT2D eigenvalue weighted by molar-refractivity contribution is 0.419. The van der Waals surface area contributed by atoms with Crippen LogP contribution < -0.4 is 11.3 Å². The Morgan fingerprint density at radius 3 is 2.30 bits per heavy atom. The van der Waals surface area contributed by atoms with Crippen LogP contribution in [-0.2, 0) is 0 Å². The summed E-state index contributed by atoms with van der Waals surface area (Å²) < 4.78 is 0. The van der Waals surface area contributed by atoms with Gasteiger partial charge >= 0.3 is 0 Å². The maximum atomic E-state index is 5.82. The molecule has 3 rings (SSSR count). The summed E-state index contributed by atoms with van der Waals surface area (Å²) in [5.74, 6) is 6.45. The van der Waals surface area contributed by atoms with Gasteiger partial charge in [-0.3, -0.25) is 5.84 Å². The quantitative estimate of drug-likeness (QED) is 0.514. The van der Waals surface area contributed by atoms with E-state index in [1.165, 1.54) is 24.8 Å². The molecule has 1 aromatic carbocycles. The molecule has 0 saturated heterocycles. The fraction of sp³-hybridized carbons (Fsp3) is 0.312. The van der Waals surface area contributed by atoms with Gasteiger partial charge in [0.2, 0.25) is 0 Å². The number of hydrogen-bond acceptors (Lipinski definition) is 3. The molecule has 1 heterocycles. The topological polar surface area (TPSA) is 50.9 Å². The summed E-state index contributed by atoms with van der Waals surface area (Å²) in [4.78, 5) is 4.11. The summed E-state index contributed by atoms with van der Waals surface area (Å²) in [5, 5.41) is 0.491. The van der Waals surface area contributed by atoms with E-state index in [0.717, 1.165) is 17.0 Å². The lowest BCUT2D eigenvalue weighted by Gasteiger charge is -2.26. The van der Waals surface area contributed by atoms with Crippen LogP contribution in [0.3, 0.4) is 0 Å². The minimum atomic E-state index is -0.0600. The van der Waals surface area contributed by atoms with E-state index in [9.17, 15) is 0 Å². The van der Waals surface area contributed by atoms with Gasteiger partial charge in [0.05, 0.1) is 6.04 Å². The molecule has 2 aromatic rings. The van der Waals surface area contributed by atoms with E-state index in [2.05, 4.69) is 34.7 Å². The molecule has 1 aromatic heterocycles. The molecule has 3 N–H and O–H groups in total. The third-order valence-electron chi connectivity index (χ3n) is 4.10. The number of hydrogen-bond donors (Lipinski definition) is 2. The van der Waals surface area contributed by atoms with Crippen LogP contribution in [0.4, 0.5) is 0 Å². The van der Waals surface area contributed by atoms with Gasteiger partial charge in [-0.25, -0.2) is 10.4 Å². The third-order valence-corrected chi connectivity index (χ3v) is 4.32. The number of halogens is 1. The zero-order valence-corrected chi connectivity index (χ0v) is 12.0. The average molecular weight is 288 g/mol. The lowest BCUT2D eigenvalue weighted by Crippen LogP contribution is -2.29. The van der Waals surface area contributed by atoms with E-state index >= 15 is 0 Å². The van der Waals surface area contributed by atoms with Crippen molar-refractivity contribution in [3.05, 3.63) is 64.4 Å². The lowest BCUT2D eigenvalue weighted by atomic mass is 9.79. The van der Waals surface area contributed by atoms with E-state index in [0.29, 0.717) is 5.15 Å². The van der Waals surface area contributed by atoms with Crippen molar-refractivity contribution < 1.29 is 0 Å². The van der Waals surface area contributed by atoms with Gasteiger partial charge < -0.3 is 0 Å². The zero-order chi connectivity index (χ0) is 13.9. The second kappa shape index (κ2) is 5.92. The molecule has 1 atom stereocenters. The van der Waals surface area contributed by atoms with Crippen molar-refractivity contribution in [2.75, 3.05) is 0 Å². The van der Waals surface area contributed by atoms with Crippen LogP contribution in [0.15, 0.2) is 42.6 Å². The van der Waals surface area contributed by atoms with Crippen molar-refractivity contribution in [2.24, 2.45) is 5.84 Å². The van der Waals surface area contributed by atoms with Gasteiger partial charge in [0.25, 0.3) is 0 Å². The van der Waals surface area contributed by atoms with Crippen molar-refractivity contribution in [3.63, 3.8) is 0 Å². The molecule has 20 heavy (non-hydrogen) atoms. The van der Waals surface area contributed by atoms with Crippen molar-refractivity contribution in [1.29, 1.82) is 0 Å². The first-order valence-corrected chi connectivity index (χ1v) is 7.33. The number of pyridine rings is 1. The molecule has 1 unspecified atom stereocenters. The minimum Gasteiger partial charge on any atom is -0.271 e. The van der Waals surface area contributed by atoms with Crippen LogP contribution >= 0.6 is 11.6 Å². The molecular formula is C16H18ClN3. The van der Waals surface area contributed by atoms with Gasteiger partial charge in [-0.15, -0.1) is 0 Å². The molecule has 0 radical (unpaired) electrons. The molecule has 1 aliphatic rings. The predicted octanol–water partition coefficient (Wildman–Crippen LogP) is 3.56. The van der Waals surface area contributed by atoms with Gasteiger partial charge in [-0.05, 0) is 41.5 Å². The van der Waals surface area contributed by atoms with Crippen LogP contribution in [0, 0.1) is 0 Å². The summed E-state index contributed by atoms with van der Waals surface area (Å²) in [6.07, 6.45) is 5.75. The number of benzene rings is 1. The smallest absolute Gasteiger partial charge is 0.129 e. The Hall–Kier alpha value is -1.42. The SMILES string of the molecule is NNC(c1ccc(C2CCC2)cc1)c1ccc(Cl)nc1. The molecule has 1 aliphatic carbocycles. The Labute approximate surface area is 124 Å². The normalized spacial score (nSPS) is 16.7. The van der Waals surface area contributed by atoms with Crippen molar-refractivity contribution in [3.8, 4) is 0 Å². The maximum absolute atomic E-state index is 5.82. The molecular weight excluding hydrogens is 270 g/mol. The van der Waals surface area contributed by atoms with Crippen molar-refractivity contribution in [1.82, 2.24) is 10.4 Å². The number of nitrogens with zero attached hydrogens (tertiary/aromatic N) is 1. The van der Waals surface area contributed by atoms with Gasteiger partial charge in [0, 0.05) is 6.20 Å². The van der Waals surface area contributed by atoms with Gasteiger partial charge in [-0.1, -0.05) is 48.4 Å². The highest BCUT2D eigenvalue weighted by atomic mass is 35.5. The molecule has 104 valence electrons. The summed E-state index contributed by atoms with van der Waals surface area (Å²) in [7, 11) is 0. The van der Waals surface area contributed by atoms with Crippen LogP contribution in [-0.4, -0.2) is 4.98 Å². The van der Waals surface area contributed by atoms with Crippen LogP contribution in [0.1, 0.15) is 47.9 Å². The number of nitrogens with two attached hydrogens (primary N) is 1. The van der Waals surface area contributed by atoms with Gasteiger partial charge in [-0.2, -0.15) is 0 Å². The van der Waals surface area contributed by atoms with E-state index in [1.807, 2.05) is 6.07 Å². The molecule has 4 heteroatoms. The number of nitrogens with one attached hydrogen (secondary N) is 1. The molecule has 0 amide bonds. The van der Waals surface area contributed by atoms with E-state index in [1.54, 1.807) is 12.3 Å². The first-order valence-electron chi connectivity index (χ1n) is 6.95. The highest BCUT2D eigenvalue weighted by molar-refractivity contribution is 6.29. The average Bonchev–Trinajstić information content (AvgIpc) is 2.42. The summed E-state index contributed by atoms with van der Waals surface area (Å²) in [6.45, 7) is 0. The monoisotopic (exact) mass is 287 g/mol. The predicted molar refractivity (Wildman–Crippen MR) is 81.4 cm³/mol. The molecule has 3 nitrogen and oxygen atoms in total. The van der Waals surface area contributed by atoms with Crippen LogP contribution in [0.25, 0.3) is 0 Å². The molecule has 0 bridgehead atoms. The second-order valence-electron chi connectivity index (χ2n) is 5.31. The Bertz CT molecular complexity index is 561. The molecule has 0 aliphatic heterocycles. The summed E-state index contributed by atoms with van der Waals surface area (Å²) in [6, 6.07) is 12.4. The summed E-state index contributed by atoms with van der Waals surface area (Å²) in [5.41, 5.74) is 6.43. The standard InChI is InChI=1S/C16H18ClN3/c17-15-9-8-14(10-19-15)16(20-18)13-6-4-12(5-7-13)11-2-1-3-11/h4-11,16,20H,1-3,18H2. The van der Waals surface area contributed by atoms with Crippen molar-refractivity contribution >= 4 is 11.6 Å². The van der Waals surface area contributed by atoms with Crippen molar-refractivity contribution in [2.45, 2.75) is 31.2 Å². The first-order chi connectivity index (χ1) is 9.78. The number of aromatic nitrogens is 1. The zero-order valence-electron chi connectivity index (χ0n) is 11.2. The number of rotatable bonds is 4. The van der Waals surface area contributed by atoms with E-state index in [-0.39, 0.29) is 6.04 Å². The molecule has 0 spiro atoms. The highest BCUT2D eigenvalue weighted by Gasteiger charge is 2.20. The minimum absolute atomic E-state index is 0.0600. The largest absolute Gasteiger partial charge is 0.271 e. The number of hydrazine groups is 1. The summed E-state index contributed by atoms with van der Waals surface area (Å²) >= 11 is 5.82. The molecule has 1 fully saturated rings. The first kappa shape index (κ1) is 13.6.